The first-order valence-electron chi connectivity index (χ1n) is 9.72. The summed E-state index contributed by atoms with van der Waals surface area (Å²) in [6.45, 7) is 4.36. The van der Waals surface area contributed by atoms with Gasteiger partial charge in [-0.1, -0.05) is 47.4 Å². The third-order valence-corrected chi connectivity index (χ3v) is 6.02. The van der Waals surface area contributed by atoms with Crippen LogP contribution < -0.4 is 5.32 Å². The number of carbonyl (C=O) groups is 1. The van der Waals surface area contributed by atoms with Gasteiger partial charge in [0.25, 0.3) is 5.91 Å². The molecular formula is C24H20BrClN2O2. The molecule has 1 amide bonds. The fourth-order valence-electron chi connectivity index (χ4n) is 3.16. The lowest BCUT2D eigenvalue weighted by Crippen LogP contribution is -2.12. The molecule has 0 bridgehead atoms. The third kappa shape index (κ3) is 4.27. The van der Waals surface area contributed by atoms with E-state index in [0.717, 1.165) is 27.6 Å². The van der Waals surface area contributed by atoms with Crippen molar-refractivity contribution < 1.29 is 9.21 Å². The molecular weight excluding hydrogens is 464 g/mol. The Bertz CT molecular complexity index is 1220. The van der Waals surface area contributed by atoms with E-state index in [9.17, 15) is 4.79 Å². The first-order chi connectivity index (χ1) is 14.4. The van der Waals surface area contributed by atoms with Crippen LogP contribution in [-0.4, -0.2) is 10.9 Å². The van der Waals surface area contributed by atoms with Gasteiger partial charge in [-0.25, -0.2) is 4.98 Å². The van der Waals surface area contributed by atoms with Gasteiger partial charge in [0.15, 0.2) is 5.58 Å². The van der Waals surface area contributed by atoms with Gasteiger partial charge >= 0.3 is 0 Å². The second kappa shape index (κ2) is 8.62. The van der Waals surface area contributed by atoms with Gasteiger partial charge in [-0.05, 0) is 72.5 Å². The zero-order chi connectivity index (χ0) is 21.3. The molecule has 0 unspecified atom stereocenters. The van der Waals surface area contributed by atoms with E-state index in [4.69, 9.17) is 16.0 Å². The highest BCUT2D eigenvalue weighted by Gasteiger charge is 2.14. The number of carbonyl (C=O) groups excluding carboxylic acids is 1. The van der Waals surface area contributed by atoms with Crippen LogP contribution in [0.1, 0.15) is 42.1 Å². The van der Waals surface area contributed by atoms with Crippen LogP contribution in [0.25, 0.3) is 22.6 Å². The molecule has 0 saturated heterocycles. The smallest absolute Gasteiger partial charge is 0.255 e. The molecule has 0 aliphatic heterocycles. The Hall–Kier alpha value is -2.63. The Morgan fingerprint density at radius 3 is 2.63 bits per heavy atom. The second-order valence-electron chi connectivity index (χ2n) is 7.21. The van der Waals surface area contributed by atoms with Crippen molar-refractivity contribution in [3.8, 4) is 11.5 Å². The standard InChI is InChI=1S/C24H20BrClN2O2/c1-3-14(2)16-7-11-22-21(12-16)28-24(30-22)17-6-10-19(26)20(13-17)27-23(29)15-4-8-18(25)9-5-15/h4-14H,3H2,1-2H3,(H,27,29)/t14-/m1/s1. The number of nitrogens with zero attached hydrogens (tertiary/aromatic N) is 1. The molecule has 1 heterocycles. The van der Waals surface area contributed by atoms with Crippen LogP contribution in [0.15, 0.2) is 69.6 Å². The molecule has 0 saturated carbocycles. The molecule has 1 atom stereocenters. The van der Waals surface area contributed by atoms with E-state index < -0.39 is 0 Å². The number of anilines is 1. The molecule has 1 N–H and O–H groups in total. The van der Waals surface area contributed by atoms with E-state index >= 15 is 0 Å². The quantitative estimate of drug-likeness (QED) is 0.317. The summed E-state index contributed by atoms with van der Waals surface area (Å²) in [4.78, 5) is 17.2. The molecule has 4 nitrogen and oxygen atoms in total. The van der Waals surface area contributed by atoms with Crippen LogP contribution in [0, 0.1) is 0 Å². The lowest BCUT2D eigenvalue weighted by molar-refractivity contribution is 0.102. The molecule has 0 aliphatic rings. The van der Waals surface area contributed by atoms with Crippen LogP contribution in [0.2, 0.25) is 5.02 Å². The highest BCUT2D eigenvalue weighted by Crippen LogP contribution is 2.32. The summed E-state index contributed by atoms with van der Waals surface area (Å²) in [5.74, 6) is 0.713. The molecule has 1 aromatic heterocycles. The van der Waals surface area contributed by atoms with E-state index in [-0.39, 0.29) is 5.91 Å². The zero-order valence-corrected chi connectivity index (χ0v) is 18.9. The number of nitrogens with one attached hydrogen (secondary N) is 1. The molecule has 4 aromatic rings. The maximum atomic E-state index is 12.6. The SMILES string of the molecule is CC[C@@H](C)c1ccc2oc(-c3ccc(Cl)c(NC(=O)c4ccc(Br)cc4)c3)nc2c1. The van der Waals surface area contributed by atoms with Gasteiger partial charge in [0.05, 0.1) is 10.7 Å². The molecule has 4 rings (SSSR count). The van der Waals surface area contributed by atoms with E-state index in [2.05, 4.69) is 52.2 Å². The predicted octanol–water partition coefficient (Wildman–Crippen LogP) is 7.68. The fraction of sp³-hybridized carbons (Fsp3) is 0.167. The summed E-state index contributed by atoms with van der Waals surface area (Å²) in [6.07, 6.45) is 1.06. The lowest BCUT2D eigenvalue weighted by atomic mass is 9.98. The maximum Gasteiger partial charge on any atom is 0.255 e. The van der Waals surface area contributed by atoms with Gasteiger partial charge in [0.2, 0.25) is 5.89 Å². The molecule has 3 aromatic carbocycles. The summed E-state index contributed by atoms with van der Waals surface area (Å²) in [7, 11) is 0. The molecule has 6 heteroatoms. The van der Waals surface area contributed by atoms with Crippen molar-refractivity contribution in [2.45, 2.75) is 26.2 Å². The number of fused-ring (bicyclic) bond motifs is 1. The van der Waals surface area contributed by atoms with Crippen LogP contribution in [0.3, 0.4) is 0 Å². The average molecular weight is 484 g/mol. The number of oxazole rings is 1. The Balaban J connectivity index is 1.64. The number of halogens is 2. The monoisotopic (exact) mass is 482 g/mol. The van der Waals surface area contributed by atoms with Gasteiger partial charge in [-0.15, -0.1) is 0 Å². The minimum atomic E-state index is -0.239. The van der Waals surface area contributed by atoms with Crippen molar-refractivity contribution in [2.75, 3.05) is 5.32 Å². The highest BCUT2D eigenvalue weighted by atomic mass is 79.9. The van der Waals surface area contributed by atoms with Gasteiger partial charge < -0.3 is 9.73 Å². The highest BCUT2D eigenvalue weighted by molar-refractivity contribution is 9.10. The zero-order valence-electron chi connectivity index (χ0n) is 16.6. The van der Waals surface area contributed by atoms with Crippen molar-refractivity contribution in [1.82, 2.24) is 4.98 Å². The van der Waals surface area contributed by atoms with Gasteiger partial charge in [0.1, 0.15) is 5.52 Å². The Morgan fingerprint density at radius 2 is 1.90 bits per heavy atom. The molecule has 0 aliphatic carbocycles. The van der Waals surface area contributed by atoms with Crippen LogP contribution >= 0.6 is 27.5 Å². The lowest BCUT2D eigenvalue weighted by Gasteiger charge is -2.08. The summed E-state index contributed by atoms with van der Waals surface area (Å²) < 4.78 is 6.86. The number of amides is 1. The molecule has 0 spiro atoms. The van der Waals surface area contributed by atoms with E-state index in [1.165, 1.54) is 5.56 Å². The number of hydrogen-bond donors (Lipinski definition) is 1. The van der Waals surface area contributed by atoms with Crippen molar-refractivity contribution in [3.63, 3.8) is 0 Å². The maximum absolute atomic E-state index is 12.6. The minimum absolute atomic E-state index is 0.239. The number of benzene rings is 3. The van der Waals surface area contributed by atoms with E-state index in [1.54, 1.807) is 24.3 Å². The van der Waals surface area contributed by atoms with Gasteiger partial charge in [0, 0.05) is 15.6 Å². The fourth-order valence-corrected chi connectivity index (χ4v) is 3.59. The largest absolute Gasteiger partial charge is 0.436 e. The Kier molecular flexibility index (Phi) is 5.93. The van der Waals surface area contributed by atoms with E-state index in [1.807, 2.05) is 24.3 Å². The summed E-state index contributed by atoms with van der Waals surface area (Å²) >= 11 is 9.69. The van der Waals surface area contributed by atoms with Crippen molar-refractivity contribution in [2.24, 2.45) is 0 Å². The van der Waals surface area contributed by atoms with Gasteiger partial charge in [-0.2, -0.15) is 0 Å². The van der Waals surface area contributed by atoms with Crippen molar-refractivity contribution in [3.05, 3.63) is 81.3 Å². The van der Waals surface area contributed by atoms with E-state index in [0.29, 0.717) is 28.1 Å². The predicted molar refractivity (Wildman–Crippen MR) is 125 cm³/mol. The number of hydrogen-bond acceptors (Lipinski definition) is 3. The molecule has 0 radical (unpaired) electrons. The Morgan fingerprint density at radius 1 is 1.13 bits per heavy atom. The normalized spacial score (nSPS) is 12.1. The third-order valence-electron chi connectivity index (χ3n) is 5.16. The van der Waals surface area contributed by atoms with Crippen molar-refractivity contribution >= 4 is 50.2 Å². The van der Waals surface area contributed by atoms with Crippen LogP contribution in [0.4, 0.5) is 5.69 Å². The van der Waals surface area contributed by atoms with Crippen molar-refractivity contribution in [1.29, 1.82) is 0 Å². The number of rotatable bonds is 5. The average Bonchev–Trinajstić information content (AvgIpc) is 3.18. The first kappa shape index (κ1) is 20.6. The van der Waals surface area contributed by atoms with Gasteiger partial charge in [-0.3, -0.25) is 4.79 Å². The first-order valence-corrected chi connectivity index (χ1v) is 10.9. The van der Waals surface area contributed by atoms with Crippen LogP contribution in [-0.2, 0) is 0 Å². The van der Waals surface area contributed by atoms with Crippen LogP contribution in [0.5, 0.6) is 0 Å². The number of aromatic nitrogens is 1. The summed E-state index contributed by atoms with van der Waals surface area (Å²) in [6, 6.07) is 18.6. The minimum Gasteiger partial charge on any atom is -0.436 e. The summed E-state index contributed by atoms with van der Waals surface area (Å²) in [5.41, 5.74) is 4.57. The Labute approximate surface area is 188 Å². The molecule has 0 fully saturated rings. The summed E-state index contributed by atoms with van der Waals surface area (Å²) in [5, 5.41) is 3.31. The topological polar surface area (TPSA) is 55.1 Å². The molecule has 30 heavy (non-hydrogen) atoms. The second-order valence-corrected chi connectivity index (χ2v) is 8.53. The molecule has 152 valence electrons.